The number of nitrogens with zero attached hydrogens (tertiary/aromatic N) is 1. The van der Waals surface area contributed by atoms with Gasteiger partial charge in [-0.25, -0.2) is 0 Å². The number of rotatable bonds is 3. The summed E-state index contributed by atoms with van der Waals surface area (Å²) < 4.78 is 5.87. The summed E-state index contributed by atoms with van der Waals surface area (Å²) in [4.78, 5) is 2.58. The molecule has 1 atom stereocenters. The Morgan fingerprint density at radius 1 is 1.19 bits per heavy atom. The molecule has 0 radical (unpaired) electrons. The maximum absolute atomic E-state index is 5.87. The monoisotopic (exact) mass is 227 g/mol. The Labute approximate surface area is 101 Å². The molecule has 1 spiro atoms. The van der Waals surface area contributed by atoms with Gasteiger partial charge < -0.3 is 9.64 Å². The van der Waals surface area contributed by atoms with E-state index < -0.39 is 0 Å². The van der Waals surface area contributed by atoms with E-state index in [9.17, 15) is 0 Å². The Kier molecular flexibility index (Phi) is 6.37. The number of ether oxygens (including phenoxy) is 1. The molecule has 0 N–H and O–H groups in total. The van der Waals surface area contributed by atoms with E-state index in [4.69, 9.17) is 4.74 Å². The number of hydrogen-bond acceptors (Lipinski definition) is 2. The minimum atomic E-state index is 0.285. The topological polar surface area (TPSA) is 12.5 Å². The van der Waals surface area contributed by atoms with Crippen LogP contribution in [-0.2, 0) is 4.74 Å². The molecule has 0 aromatic rings. The first-order valence-electron chi connectivity index (χ1n) is 7.12. The molecule has 1 unspecified atom stereocenters. The fourth-order valence-corrected chi connectivity index (χ4v) is 2.58. The van der Waals surface area contributed by atoms with Gasteiger partial charge in [-0.1, -0.05) is 33.6 Å². The molecule has 0 bridgehead atoms. The number of unbranched alkanes of at least 4 members (excludes halogenated alkanes) is 1. The van der Waals surface area contributed by atoms with E-state index in [-0.39, 0.29) is 5.60 Å². The van der Waals surface area contributed by atoms with Gasteiger partial charge in [-0.05, 0) is 32.2 Å². The standard InChI is InChI=1S/C11H21NO.C3H8/c1-2-3-7-12-8-6-11(10-12)5-4-9-13-11;1-3-2/h2-10H2,1H3;3H2,1-2H3. The summed E-state index contributed by atoms with van der Waals surface area (Å²) in [5.41, 5.74) is 0.285. The lowest BCUT2D eigenvalue weighted by Crippen LogP contribution is -2.32. The van der Waals surface area contributed by atoms with Crippen LogP contribution in [0.1, 0.15) is 59.3 Å². The third kappa shape index (κ3) is 4.06. The highest BCUT2D eigenvalue weighted by Gasteiger charge is 2.41. The molecule has 96 valence electrons. The van der Waals surface area contributed by atoms with Gasteiger partial charge in [0.2, 0.25) is 0 Å². The van der Waals surface area contributed by atoms with Gasteiger partial charge in [0.15, 0.2) is 0 Å². The van der Waals surface area contributed by atoms with Crippen LogP contribution >= 0.6 is 0 Å². The molecular formula is C14H29NO. The zero-order chi connectivity index (χ0) is 11.9. The third-order valence-corrected chi connectivity index (χ3v) is 3.41. The summed E-state index contributed by atoms with van der Waals surface area (Å²) in [6.07, 6.45) is 7.76. The maximum Gasteiger partial charge on any atom is 0.0821 e. The van der Waals surface area contributed by atoms with Gasteiger partial charge in [-0.3, -0.25) is 0 Å². The molecule has 16 heavy (non-hydrogen) atoms. The molecule has 2 heteroatoms. The van der Waals surface area contributed by atoms with Crippen LogP contribution in [-0.4, -0.2) is 36.7 Å². The molecule has 0 aliphatic carbocycles. The van der Waals surface area contributed by atoms with Crippen LogP contribution in [0.2, 0.25) is 0 Å². The Bertz CT molecular complexity index is 176. The van der Waals surface area contributed by atoms with Crippen LogP contribution in [0.3, 0.4) is 0 Å². The maximum atomic E-state index is 5.87. The van der Waals surface area contributed by atoms with Gasteiger partial charge in [0, 0.05) is 19.7 Å². The molecule has 2 heterocycles. The van der Waals surface area contributed by atoms with Crippen molar-refractivity contribution in [3.63, 3.8) is 0 Å². The summed E-state index contributed by atoms with van der Waals surface area (Å²) >= 11 is 0. The van der Waals surface area contributed by atoms with Crippen molar-refractivity contribution in [2.75, 3.05) is 26.2 Å². The van der Waals surface area contributed by atoms with Gasteiger partial charge in [-0.2, -0.15) is 0 Å². The number of likely N-dealkylation sites (tertiary alicyclic amines) is 1. The minimum Gasteiger partial charge on any atom is -0.374 e. The molecule has 0 saturated carbocycles. The van der Waals surface area contributed by atoms with E-state index in [2.05, 4.69) is 25.7 Å². The van der Waals surface area contributed by atoms with Crippen molar-refractivity contribution in [2.45, 2.75) is 64.9 Å². The van der Waals surface area contributed by atoms with Crippen LogP contribution in [0.15, 0.2) is 0 Å². The Morgan fingerprint density at radius 2 is 1.94 bits per heavy atom. The Morgan fingerprint density at radius 3 is 2.50 bits per heavy atom. The first-order chi connectivity index (χ1) is 7.76. The fourth-order valence-electron chi connectivity index (χ4n) is 2.58. The van der Waals surface area contributed by atoms with E-state index >= 15 is 0 Å². The van der Waals surface area contributed by atoms with Crippen molar-refractivity contribution in [1.29, 1.82) is 0 Å². The second-order valence-electron chi connectivity index (χ2n) is 5.22. The predicted octanol–water partition coefficient (Wildman–Crippen LogP) is 3.46. The molecule has 2 saturated heterocycles. The highest BCUT2D eigenvalue weighted by Crippen LogP contribution is 2.34. The van der Waals surface area contributed by atoms with E-state index in [0.717, 1.165) is 6.61 Å². The van der Waals surface area contributed by atoms with Gasteiger partial charge in [0.05, 0.1) is 5.60 Å². The van der Waals surface area contributed by atoms with Crippen molar-refractivity contribution in [1.82, 2.24) is 4.90 Å². The smallest absolute Gasteiger partial charge is 0.0821 e. The molecule has 2 aliphatic rings. The first kappa shape index (κ1) is 14.0. The molecule has 0 aromatic heterocycles. The largest absolute Gasteiger partial charge is 0.374 e. The summed E-state index contributed by atoms with van der Waals surface area (Å²) in [6.45, 7) is 11.3. The summed E-state index contributed by atoms with van der Waals surface area (Å²) in [5, 5.41) is 0. The quantitative estimate of drug-likeness (QED) is 0.732. The molecular weight excluding hydrogens is 198 g/mol. The predicted molar refractivity (Wildman–Crippen MR) is 69.8 cm³/mol. The van der Waals surface area contributed by atoms with Gasteiger partial charge in [0.25, 0.3) is 0 Å². The second kappa shape index (κ2) is 7.29. The third-order valence-electron chi connectivity index (χ3n) is 3.41. The van der Waals surface area contributed by atoms with Crippen LogP contribution in [0, 0.1) is 0 Å². The molecule has 0 aromatic carbocycles. The molecule has 2 fully saturated rings. The Hall–Kier alpha value is -0.0800. The van der Waals surface area contributed by atoms with Gasteiger partial charge >= 0.3 is 0 Å². The summed E-state index contributed by atoms with van der Waals surface area (Å²) in [7, 11) is 0. The van der Waals surface area contributed by atoms with Crippen LogP contribution in [0.25, 0.3) is 0 Å². The fraction of sp³-hybridized carbons (Fsp3) is 1.00. The molecule has 2 nitrogen and oxygen atoms in total. The van der Waals surface area contributed by atoms with E-state index in [1.807, 2.05) is 0 Å². The van der Waals surface area contributed by atoms with Crippen LogP contribution in [0.4, 0.5) is 0 Å². The zero-order valence-electron chi connectivity index (χ0n) is 11.4. The van der Waals surface area contributed by atoms with Crippen molar-refractivity contribution < 1.29 is 4.74 Å². The summed E-state index contributed by atoms with van der Waals surface area (Å²) in [6, 6.07) is 0. The van der Waals surface area contributed by atoms with Crippen molar-refractivity contribution in [2.24, 2.45) is 0 Å². The first-order valence-corrected chi connectivity index (χ1v) is 7.12. The second-order valence-corrected chi connectivity index (χ2v) is 5.22. The highest BCUT2D eigenvalue weighted by atomic mass is 16.5. The van der Waals surface area contributed by atoms with Crippen molar-refractivity contribution in [3.05, 3.63) is 0 Å². The van der Waals surface area contributed by atoms with Gasteiger partial charge in [-0.15, -0.1) is 0 Å². The average molecular weight is 227 g/mol. The highest BCUT2D eigenvalue weighted by molar-refractivity contribution is 4.94. The minimum absolute atomic E-state index is 0.285. The lowest BCUT2D eigenvalue weighted by atomic mass is 10.00. The molecule has 2 rings (SSSR count). The lowest BCUT2D eigenvalue weighted by molar-refractivity contribution is 0.0127. The Balaban J connectivity index is 0.000000386. The van der Waals surface area contributed by atoms with Crippen LogP contribution in [0.5, 0.6) is 0 Å². The van der Waals surface area contributed by atoms with Crippen molar-refractivity contribution in [3.8, 4) is 0 Å². The van der Waals surface area contributed by atoms with Crippen LogP contribution < -0.4 is 0 Å². The average Bonchev–Trinajstić information content (AvgIpc) is 2.88. The SMILES string of the molecule is CCC.CCCCN1CCC2(CCCO2)C1. The van der Waals surface area contributed by atoms with Gasteiger partial charge in [0.1, 0.15) is 0 Å². The van der Waals surface area contributed by atoms with E-state index in [0.29, 0.717) is 0 Å². The zero-order valence-corrected chi connectivity index (χ0v) is 11.4. The van der Waals surface area contributed by atoms with E-state index in [1.54, 1.807) is 0 Å². The summed E-state index contributed by atoms with van der Waals surface area (Å²) in [5.74, 6) is 0. The lowest BCUT2D eigenvalue weighted by Gasteiger charge is -2.23. The molecule has 0 amide bonds. The number of hydrogen-bond donors (Lipinski definition) is 0. The molecule has 2 aliphatic heterocycles. The normalized spacial score (nSPS) is 29.4. The van der Waals surface area contributed by atoms with E-state index in [1.165, 1.54) is 58.2 Å². The van der Waals surface area contributed by atoms with Crippen molar-refractivity contribution >= 4 is 0 Å².